The van der Waals surface area contributed by atoms with E-state index < -0.39 is 35.1 Å². The van der Waals surface area contributed by atoms with Gasteiger partial charge in [0.2, 0.25) is 11.9 Å². The Morgan fingerprint density at radius 2 is 1.66 bits per heavy atom. The largest absolute Gasteiger partial charge is 0.421 e. The second-order valence-corrected chi connectivity index (χ2v) is 8.31. The first kappa shape index (κ1) is 24.9. The number of H-pyrrole nitrogens is 1. The minimum Gasteiger partial charge on any atom is -0.338 e. The molecule has 0 aliphatic carbocycles. The molecule has 2 saturated heterocycles. The number of hydrogen-bond donors (Lipinski definition) is 1. The van der Waals surface area contributed by atoms with Crippen LogP contribution in [0.5, 0.6) is 0 Å². The van der Waals surface area contributed by atoms with Crippen molar-refractivity contribution in [2.45, 2.75) is 31.2 Å². The Kier molecular flexibility index (Phi) is 6.71. The highest BCUT2D eigenvalue weighted by Crippen LogP contribution is 2.33. The number of aromatic nitrogens is 4. The van der Waals surface area contributed by atoms with E-state index in [1.54, 1.807) is 4.90 Å². The van der Waals surface area contributed by atoms with Crippen LogP contribution in [0, 0.1) is 0 Å². The number of carbonyl (C=O) groups is 1. The molecule has 0 bridgehead atoms. The standard InChI is InChI=1S/C20H21F6N7O2/c21-19(22,23)12-9-27-18(28-10-12)32-6-4-31(5-7-32)11-16(34)33-3-1-2-15(33)14-8-13(20(24,25)26)17(35)30-29-14/h8-10,15H,1-7,11H2,(H,30,35). The van der Waals surface area contributed by atoms with Gasteiger partial charge in [0.15, 0.2) is 0 Å². The van der Waals surface area contributed by atoms with Gasteiger partial charge >= 0.3 is 12.4 Å². The van der Waals surface area contributed by atoms with E-state index >= 15 is 0 Å². The molecule has 2 aliphatic rings. The fourth-order valence-corrected chi connectivity index (χ4v) is 4.19. The Morgan fingerprint density at radius 3 is 2.26 bits per heavy atom. The zero-order valence-corrected chi connectivity index (χ0v) is 18.2. The Hall–Kier alpha value is -3.23. The number of rotatable bonds is 4. The lowest BCUT2D eigenvalue weighted by Gasteiger charge is -2.35. The van der Waals surface area contributed by atoms with Crippen LogP contribution in [0.15, 0.2) is 23.3 Å². The van der Waals surface area contributed by atoms with Crippen LogP contribution >= 0.6 is 0 Å². The fraction of sp³-hybridized carbons (Fsp3) is 0.550. The molecule has 1 atom stereocenters. The van der Waals surface area contributed by atoms with Gasteiger partial charge in [0, 0.05) is 45.1 Å². The zero-order valence-electron chi connectivity index (χ0n) is 18.2. The summed E-state index contributed by atoms with van der Waals surface area (Å²) in [5.74, 6) is -0.124. The van der Waals surface area contributed by atoms with Crippen LogP contribution in [-0.4, -0.2) is 75.1 Å². The highest BCUT2D eigenvalue weighted by atomic mass is 19.4. The summed E-state index contributed by atoms with van der Waals surface area (Å²) >= 11 is 0. The van der Waals surface area contributed by atoms with Crippen molar-refractivity contribution in [1.82, 2.24) is 30.0 Å². The fourth-order valence-electron chi connectivity index (χ4n) is 4.19. The van der Waals surface area contributed by atoms with Gasteiger partial charge in [-0.3, -0.25) is 14.5 Å². The second kappa shape index (κ2) is 9.43. The van der Waals surface area contributed by atoms with Gasteiger partial charge in [-0.1, -0.05) is 0 Å². The van der Waals surface area contributed by atoms with Gasteiger partial charge in [0.05, 0.1) is 23.8 Å². The highest BCUT2D eigenvalue weighted by Gasteiger charge is 2.38. The van der Waals surface area contributed by atoms with Crippen LogP contribution in [0.1, 0.15) is 35.7 Å². The highest BCUT2D eigenvalue weighted by molar-refractivity contribution is 5.79. The van der Waals surface area contributed by atoms with E-state index in [0.29, 0.717) is 51.6 Å². The van der Waals surface area contributed by atoms with Crippen molar-refractivity contribution in [2.75, 3.05) is 44.2 Å². The molecule has 1 amide bonds. The van der Waals surface area contributed by atoms with Crippen LogP contribution in [0.3, 0.4) is 0 Å². The molecule has 2 aliphatic heterocycles. The number of hydrogen-bond acceptors (Lipinski definition) is 7. The third-order valence-electron chi connectivity index (χ3n) is 6.02. The maximum Gasteiger partial charge on any atom is 0.421 e. The lowest BCUT2D eigenvalue weighted by atomic mass is 10.1. The van der Waals surface area contributed by atoms with Crippen molar-refractivity contribution in [1.29, 1.82) is 0 Å². The topological polar surface area (TPSA) is 98.3 Å². The molecule has 15 heteroatoms. The summed E-state index contributed by atoms with van der Waals surface area (Å²) in [6.07, 6.45) is -6.92. The number of aromatic amines is 1. The second-order valence-electron chi connectivity index (χ2n) is 8.31. The molecule has 1 N–H and O–H groups in total. The number of likely N-dealkylation sites (tertiary alicyclic amines) is 1. The number of carbonyl (C=O) groups excluding carboxylic acids is 1. The predicted molar refractivity (Wildman–Crippen MR) is 109 cm³/mol. The van der Waals surface area contributed by atoms with Gasteiger partial charge in [-0.05, 0) is 18.9 Å². The molecule has 190 valence electrons. The van der Waals surface area contributed by atoms with Gasteiger partial charge < -0.3 is 9.80 Å². The van der Waals surface area contributed by atoms with Crippen molar-refractivity contribution in [2.24, 2.45) is 0 Å². The van der Waals surface area contributed by atoms with Crippen LogP contribution in [0.4, 0.5) is 32.3 Å². The maximum atomic E-state index is 13.1. The predicted octanol–water partition coefficient (Wildman–Crippen LogP) is 2.08. The Balaban J connectivity index is 1.36. The SMILES string of the molecule is O=C(CN1CCN(c2ncc(C(F)(F)F)cn2)CC1)N1CCCC1c1cc(C(F)(F)F)c(=O)[nH]n1. The number of anilines is 1. The first-order chi connectivity index (χ1) is 16.4. The molecule has 0 spiro atoms. The molecule has 0 radical (unpaired) electrons. The van der Waals surface area contributed by atoms with E-state index in [1.807, 2.05) is 10.00 Å². The van der Waals surface area contributed by atoms with Crippen LogP contribution < -0.4 is 10.5 Å². The summed E-state index contributed by atoms with van der Waals surface area (Å²) in [6, 6.07) is 0.0140. The average molecular weight is 505 g/mol. The summed E-state index contributed by atoms with van der Waals surface area (Å²) in [6.45, 7) is 1.99. The Bertz CT molecular complexity index is 1110. The number of nitrogens with one attached hydrogen (secondary N) is 1. The molecule has 9 nitrogen and oxygen atoms in total. The minimum absolute atomic E-state index is 0.0213. The van der Waals surface area contributed by atoms with E-state index in [9.17, 15) is 35.9 Å². The number of nitrogens with zero attached hydrogens (tertiary/aromatic N) is 6. The van der Waals surface area contributed by atoms with Crippen molar-refractivity contribution in [3.8, 4) is 0 Å². The smallest absolute Gasteiger partial charge is 0.338 e. The normalized spacial score (nSPS) is 19.9. The molecule has 4 heterocycles. The van der Waals surface area contributed by atoms with E-state index in [2.05, 4.69) is 15.1 Å². The number of amides is 1. The number of halogens is 6. The van der Waals surface area contributed by atoms with Crippen LogP contribution in [0.25, 0.3) is 0 Å². The molecule has 35 heavy (non-hydrogen) atoms. The monoisotopic (exact) mass is 505 g/mol. The first-order valence-corrected chi connectivity index (χ1v) is 10.8. The van der Waals surface area contributed by atoms with Crippen molar-refractivity contribution < 1.29 is 31.1 Å². The molecule has 2 aromatic rings. The van der Waals surface area contributed by atoms with Crippen molar-refractivity contribution in [3.05, 3.63) is 45.6 Å². The van der Waals surface area contributed by atoms with Crippen LogP contribution in [-0.2, 0) is 17.1 Å². The van der Waals surface area contributed by atoms with Crippen LogP contribution in [0.2, 0.25) is 0 Å². The zero-order chi connectivity index (χ0) is 25.4. The summed E-state index contributed by atoms with van der Waals surface area (Å²) in [5.41, 5.74) is -3.66. The summed E-state index contributed by atoms with van der Waals surface area (Å²) < 4.78 is 77.4. The van der Waals surface area contributed by atoms with Gasteiger partial charge in [0.1, 0.15) is 5.56 Å². The average Bonchev–Trinajstić information content (AvgIpc) is 3.29. The number of piperazine rings is 1. The van der Waals surface area contributed by atoms with E-state index in [1.165, 1.54) is 4.90 Å². The van der Waals surface area contributed by atoms with E-state index in [0.717, 1.165) is 12.4 Å². The lowest BCUT2D eigenvalue weighted by Crippen LogP contribution is -2.50. The quantitative estimate of drug-likeness (QED) is 0.636. The summed E-state index contributed by atoms with van der Waals surface area (Å²) in [7, 11) is 0. The molecular formula is C20H21F6N7O2. The molecule has 4 rings (SSSR count). The van der Waals surface area contributed by atoms with Crippen molar-refractivity contribution >= 4 is 11.9 Å². The lowest BCUT2D eigenvalue weighted by molar-refractivity contribution is -0.139. The van der Waals surface area contributed by atoms with Gasteiger partial charge in [-0.15, -0.1) is 0 Å². The number of alkyl halides is 6. The minimum atomic E-state index is -4.84. The van der Waals surface area contributed by atoms with E-state index in [-0.39, 0.29) is 24.1 Å². The molecule has 0 aromatic carbocycles. The maximum absolute atomic E-state index is 13.1. The third-order valence-corrected chi connectivity index (χ3v) is 6.02. The van der Waals surface area contributed by atoms with Gasteiger partial charge in [-0.25, -0.2) is 15.1 Å². The van der Waals surface area contributed by atoms with E-state index in [4.69, 9.17) is 0 Å². The van der Waals surface area contributed by atoms with Crippen molar-refractivity contribution in [3.63, 3.8) is 0 Å². The Labute approximate surface area is 194 Å². The molecule has 0 saturated carbocycles. The molecule has 2 aromatic heterocycles. The first-order valence-electron chi connectivity index (χ1n) is 10.8. The molecule has 2 fully saturated rings. The summed E-state index contributed by atoms with van der Waals surface area (Å²) in [4.78, 5) is 37.0. The molecular weight excluding hydrogens is 484 g/mol. The van der Waals surface area contributed by atoms with Gasteiger partial charge in [-0.2, -0.15) is 31.4 Å². The Morgan fingerprint density at radius 1 is 1.00 bits per heavy atom. The molecule has 1 unspecified atom stereocenters. The summed E-state index contributed by atoms with van der Waals surface area (Å²) in [5, 5.41) is 5.61. The third kappa shape index (κ3) is 5.55. The van der Waals surface area contributed by atoms with Gasteiger partial charge in [0.25, 0.3) is 5.56 Å².